The molecule has 1 aromatic heterocycles. The summed E-state index contributed by atoms with van der Waals surface area (Å²) in [7, 11) is 1.93. The first-order chi connectivity index (χ1) is 9.13. The van der Waals surface area contributed by atoms with E-state index in [2.05, 4.69) is 10.4 Å². The lowest BCUT2D eigenvalue weighted by molar-refractivity contribution is 0.529. The SMILES string of the molecule is Cc1nn(C)cc1CNC1CCc2cc(F)ccc21. The normalized spacial score (nSPS) is 17.7. The van der Waals surface area contributed by atoms with Crippen LogP contribution in [0.15, 0.2) is 24.4 Å². The fourth-order valence-corrected chi connectivity index (χ4v) is 2.85. The summed E-state index contributed by atoms with van der Waals surface area (Å²) in [6, 6.07) is 5.45. The summed E-state index contributed by atoms with van der Waals surface area (Å²) in [6.07, 6.45) is 4.04. The van der Waals surface area contributed by atoms with Gasteiger partial charge in [0.15, 0.2) is 0 Å². The molecule has 0 fully saturated rings. The van der Waals surface area contributed by atoms with E-state index in [1.165, 1.54) is 11.1 Å². The standard InChI is InChI=1S/C15H18FN3/c1-10-12(9-19(2)18-10)8-17-15-6-3-11-7-13(16)4-5-14(11)15/h4-5,7,9,15,17H,3,6,8H2,1-2H3. The van der Waals surface area contributed by atoms with E-state index in [0.717, 1.165) is 30.6 Å². The van der Waals surface area contributed by atoms with Gasteiger partial charge in [-0.2, -0.15) is 5.10 Å². The van der Waals surface area contributed by atoms with E-state index in [1.54, 1.807) is 12.1 Å². The fraction of sp³-hybridized carbons (Fsp3) is 0.400. The Morgan fingerprint density at radius 1 is 1.47 bits per heavy atom. The number of nitrogens with zero attached hydrogens (tertiary/aromatic N) is 2. The summed E-state index contributed by atoms with van der Waals surface area (Å²) in [5, 5.41) is 7.89. The molecule has 3 rings (SSSR count). The maximum absolute atomic E-state index is 13.2. The first kappa shape index (κ1) is 12.4. The molecule has 1 unspecified atom stereocenters. The zero-order chi connectivity index (χ0) is 13.4. The monoisotopic (exact) mass is 259 g/mol. The van der Waals surface area contributed by atoms with Crippen LogP contribution in [0.4, 0.5) is 4.39 Å². The summed E-state index contributed by atoms with van der Waals surface area (Å²) in [5.41, 5.74) is 4.66. The topological polar surface area (TPSA) is 29.9 Å². The highest BCUT2D eigenvalue weighted by Gasteiger charge is 2.22. The predicted molar refractivity (Wildman–Crippen MR) is 72.2 cm³/mol. The van der Waals surface area contributed by atoms with Crippen molar-refractivity contribution in [1.82, 2.24) is 15.1 Å². The van der Waals surface area contributed by atoms with Crippen LogP contribution in [0.5, 0.6) is 0 Å². The number of hydrogen-bond acceptors (Lipinski definition) is 2. The molecule has 0 saturated heterocycles. The molecule has 0 amide bonds. The van der Waals surface area contributed by atoms with E-state index in [0.29, 0.717) is 6.04 Å². The van der Waals surface area contributed by atoms with Gasteiger partial charge in [0.2, 0.25) is 0 Å². The van der Waals surface area contributed by atoms with Gasteiger partial charge in [0.25, 0.3) is 0 Å². The second kappa shape index (κ2) is 4.78. The second-order valence-corrected chi connectivity index (χ2v) is 5.23. The van der Waals surface area contributed by atoms with Crippen LogP contribution in [0.25, 0.3) is 0 Å². The number of fused-ring (bicyclic) bond motifs is 1. The summed E-state index contributed by atoms with van der Waals surface area (Å²) < 4.78 is 15.0. The molecule has 0 bridgehead atoms. The van der Waals surface area contributed by atoms with Gasteiger partial charge in [-0.1, -0.05) is 6.07 Å². The maximum atomic E-state index is 13.2. The zero-order valence-electron chi connectivity index (χ0n) is 11.3. The van der Waals surface area contributed by atoms with Crippen molar-refractivity contribution < 1.29 is 4.39 Å². The largest absolute Gasteiger partial charge is 0.306 e. The maximum Gasteiger partial charge on any atom is 0.123 e. The molecular formula is C15H18FN3. The van der Waals surface area contributed by atoms with Gasteiger partial charge in [0, 0.05) is 31.4 Å². The van der Waals surface area contributed by atoms with Crippen molar-refractivity contribution in [2.24, 2.45) is 7.05 Å². The summed E-state index contributed by atoms with van der Waals surface area (Å²) >= 11 is 0. The molecule has 0 spiro atoms. The zero-order valence-corrected chi connectivity index (χ0v) is 11.3. The van der Waals surface area contributed by atoms with Gasteiger partial charge in [-0.15, -0.1) is 0 Å². The highest BCUT2D eigenvalue weighted by Crippen LogP contribution is 2.31. The van der Waals surface area contributed by atoms with E-state index in [1.807, 2.05) is 30.9 Å². The number of rotatable bonds is 3. The Morgan fingerprint density at radius 3 is 3.05 bits per heavy atom. The van der Waals surface area contributed by atoms with Gasteiger partial charge < -0.3 is 5.32 Å². The highest BCUT2D eigenvalue weighted by molar-refractivity contribution is 5.35. The fourth-order valence-electron chi connectivity index (χ4n) is 2.85. The van der Waals surface area contributed by atoms with Gasteiger partial charge in [-0.25, -0.2) is 4.39 Å². The van der Waals surface area contributed by atoms with E-state index >= 15 is 0 Å². The molecule has 1 heterocycles. The van der Waals surface area contributed by atoms with E-state index in [9.17, 15) is 4.39 Å². The Balaban J connectivity index is 1.71. The Bertz CT molecular complexity index is 603. The Kier molecular flexibility index (Phi) is 3.11. The minimum Gasteiger partial charge on any atom is -0.306 e. The number of nitrogens with one attached hydrogen (secondary N) is 1. The molecule has 1 aromatic carbocycles. The Labute approximate surface area is 112 Å². The van der Waals surface area contributed by atoms with Crippen molar-refractivity contribution in [1.29, 1.82) is 0 Å². The lowest BCUT2D eigenvalue weighted by atomic mass is 10.1. The average Bonchev–Trinajstić information content (AvgIpc) is 2.89. The van der Waals surface area contributed by atoms with Crippen LogP contribution in [0, 0.1) is 12.7 Å². The molecule has 4 heteroatoms. The lowest BCUT2D eigenvalue weighted by Gasteiger charge is -2.13. The Morgan fingerprint density at radius 2 is 2.32 bits per heavy atom. The van der Waals surface area contributed by atoms with Crippen molar-refractivity contribution in [2.75, 3.05) is 0 Å². The molecule has 1 N–H and O–H groups in total. The third-order valence-corrected chi connectivity index (χ3v) is 3.84. The molecule has 1 aliphatic rings. The van der Waals surface area contributed by atoms with Gasteiger partial charge in [0.05, 0.1) is 5.69 Å². The number of benzene rings is 1. The van der Waals surface area contributed by atoms with Crippen LogP contribution < -0.4 is 5.32 Å². The Hall–Kier alpha value is -1.68. The third kappa shape index (κ3) is 2.40. The quantitative estimate of drug-likeness (QED) is 0.918. The van der Waals surface area contributed by atoms with Crippen molar-refractivity contribution in [3.63, 3.8) is 0 Å². The van der Waals surface area contributed by atoms with Crippen LogP contribution in [0.2, 0.25) is 0 Å². The second-order valence-electron chi connectivity index (χ2n) is 5.23. The van der Waals surface area contributed by atoms with Crippen molar-refractivity contribution in [3.05, 3.63) is 52.6 Å². The van der Waals surface area contributed by atoms with Gasteiger partial charge in [-0.3, -0.25) is 4.68 Å². The minimum atomic E-state index is -0.137. The first-order valence-corrected chi connectivity index (χ1v) is 6.64. The van der Waals surface area contributed by atoms with Crippen LogP contribution in [0.3, 0.4) is 0 Å². The molecule has 1 atom stereocenters. The molecule has 0 radical (unpaired) electrons. The van der Waals surface area contributed by atoms with Crippen molar-refractivity contribution in [2.45, 2.75) is 32.4 Å². The summed E-state index contributed by atoms with van der Waals surface area (Å²) in [5.74, 6) is -0.137. The van der Waals surface area contributed by atoms with Crippen LogP contribution in [-0.4, -0.2) is 9.78 Å². The molecule has 19 heavy (non-hydrogen) atoms. The van der Waals surface area contributed by atoms with Crippen LogP contribution in [-0.2, 0) is 20.0 Å². The number of aryl methyl sites for hydroxylation is 3. The molecule has 0 aliphatic heterocycles. The average molecular weight is 259 g/mol. The molecule has 100 valence electrons. The minimum absolute atomic E-state index is 0.137. The van der Waals surface area contributed by atoms with E-state index < -0.39 is 0 Å². The third-order valence-electron chi connectivity index (χ3n) is 3.84. The number of halogens is 1. The molecule has 3 nitrogen and oxygen atoms in total. The summed E-state index contributed by atoms with van der Waals surface area (Å²) in [6.45, 7) is 2.83. The van der Waals surface area contributed by atoms with E-state index in [4.69, 9.17) is 0 Å². The van der Waals surface area contributed by atoms with E-state index in [-0.39, 0.29) is 5.82 Å². The molecule has 1 aliphatic carbocycles. The first-order valence-electron chi connectivity index (χ1n) is 6.64. The molecule has 0 saturated carbocycles. The summed E-state index contributed by atoms with van der Waals surface area (Å²) in [4.78, 5) is 0. The van der Waals surface area contributed by atoms with Crippen molar-refractivity contribution >= 4 is 0 Å². The van der Waals surface area contributed by atoms with Crippen LogP contribution in [0.1, 0.15) is 34.8 Å². The molecular weight excluding hydrogens is 241 g/mol. The predicted octanol–water partition coefficient (Wildman–Crippen LogP) is 2.64. The van der Waals surface area contributed by atoms with Gasteiger partial charge in [0.1, 0.15) is 5.82 Å². The van der Waals surface area contributed by atoms with Crippen LogP contribution >= 0.6 is 0 Å². The number of hydrogen-bond donors (Lipinski definition) is 1. The van der Waals surface area contributed by atoms with Gasteiger partial charge >= 0.3 is 0 Å². The van der Waals surface area contributed by atoms with Gasteiger partial charge in [-0.05, 0) is 43.0 Å². The highest BCUT2D eigenvalue weighted by atomic mass is 19.1. The number of aromatic nitrogens is 2. The lowest BCUT2D eigenvalue weighted by Crippen LogP contribution is -2.18. The molecule has 2 aromatic rings. The van der Waals surface area contributed by atoms with Crippen molar-refractivity contribution in [3.8, 4) is 0 Å². The smallest absolute Gasteiger partial charge is 0.123 e.